The fourth-order valence-corrected chi connectivity index (χ4v) is 3.73. The fraction of sp³-hybridized carbons (Fsp3) is 0.231. The van der Waals surface area contributed by atoms with Crippen molar-refractivity contribution in [3.8, 4) is 5.75 Å². The molecule has 33 heavy (non-hydrogen) atoms. The second-order valence-electron chi connectivity index (χ2n) is 7.47. The van der Waals surface area contributed by atoms with Gasteiger partial charge in [-0.15, -0.1) is 0 Å². The van der Waals surface area contributed by atoms with Crippen molar-refractivity contribution < 1.29 is 14.3 Å². The van der Waals surface area contributed by atoms with Gasteiger partial charge in [-0.25, -0.2) is 0 Å². The topological polar surface area (TPSA) is 58.6 Å². The van der Waals surface area contributed by atoms with Crippen LogP contribution in [0.1, 0.15) is 18.1 Å². The predicted molar refractivity (Wildman–Crippen MR) is 132 cm³/mol. The van der Waals surface area contributed by atoms with Gasteiger partial charge in [0.15, 0.2) is 6.61 Å². The summed E-state index contributed by atoms with van der Waals surface area (Å²) in [6, 6.07) is 23.1. The molecular formula is C26H26Cl2N2O3. The molecule has 5 nitrogen and oxygen atoms in total. The van der Waals surface area contributed by atoms with Gasteiger partial charge in [0.25, 0.3) is 5.91 Å². The minimum atomic E-state index is -0.717. The maximum absolute atomic E-state index is 13.4. The molecule has 2 amide bonds. The third-order valence-corrected chi connectivity index (χ3v) is 5.64. The van der Waals surface area contributed by atoms with Crippen molar-refractivity contribution in [2.75, 3.05) is 13.2 Å². The molecule has 0 heterocycles. The molecule has 0 aliphatic carbocycles. The van der Waals surface area contributed by atoms with Crippen LogP contribution in [0.4, 0.5) is 0 Å². The highest BCUT2D eigenvalue weighted by Gasteiger charge is 2.30. The monoisotopic (exact) mass is 484 g/mol. The molecular weight excluding hydrogens is 459 g/mol. The summed E-state index contributed by atoms with van der Waals surface area (Å²) in [6.45, 7) is 2.30. The van der Waals surface area contributed by atoms with E-state index >= 15 is 0 Å². The Morgan fingerprint density at radius 2 is 1.58 bits per heavy atom. The van der Waals surface area contributed by atoms with Gasteiger partial charge in [0, 0.05) is 24.5 Å². The van der Waals surface area contributed by atoms with Crippen molar-refractivity contribution in [2.45, 2.75) is 25.9 Å². The van der Waals surface area contributed by atoms with Crippen LogP contribution in [0.25, 0.3) is 0 Å². The first-order valence-electron chi connectivity index (χ1n) is 10.7. The lowest BCUT2D eigenvalue weighted by Gasteiger charge is -2.31. The molecule has 7 heteroatoms. The molecule has 172 valence electrons. The summed E-state index contributed by atoms with van der Waals surface area (Å²) in [6.07, 6.45) is 0.373. The molecule has 0 aliphatic heterocycles. The lowest BCUT2D eigenvalue weighted by Crippen LogP contribution is -2.51. The zero-order valence-electron chi connectivity index (χ0n) is 18.3. The number of rotatable bonds is 10. The Balaban J connectivity index is 1.89. The van der Waals surface area contributed by atoms with Crippen molar-refractivity contribution >= 4 is 35.0 Å². The number of para-hydroxylation sites is 1. The summed E-state index contributed by atoms with van der Waals surface area (Å²) in [5.74, 6) is -0.130. The van der Waals surface area contributed by atoms with Crippen molar-refractivity contribution in [1.82, 2.24) is 10.2 Å². The van der Waals surface area contributed by atoms with Crippen LogP contribution in [-0.2, 0) is 22.6 Å². The molecule has 0 radical (unpaired) electrons. The minimum Gasteiger partial charge on any atom is -0.482 e. The Morgan fingerprint density at radius 3 is 2.24 bits per heavy atom. The number of halogens is 2. The predicted octanol–water partition coefficient (Wildman–Crippen LogP) is 5.15. The third kappa shape index (κ3) is 7.24. The number of hydrogen-bond acceptors (Lipinski definition) is 3. The van der Waals surface area contributed by atoms with Gasteiger partial charge in [0.05, 0.1) is 5.02 Å². The van der Waals surface area contributed by atoms with E-state index in [-0.39, 0.29) is 25.0 Å². The van der Waals surface area contributed by atoms with E-state index < -0.39 is 6.04 Å². The van der Waals surface area contributed by atoms with Crippen LogP contribution in [-0.4, -0.2) is 35.9 Å². The normalized spacial score (nSPS) is 11.5. The van der Waals surface area contributed by atoms with E-state index in [2.05, 4.69) is 5.32 Å². The molecule has 0 aliphatic rings. The number of benzene rings is 3. The molecule has 3 rings (SSSR count). The van der Waals surface area contributed by atoms with Crippen molar-refractivity contribution in [2.24, 2.45) is 0 Å². The van der Waals surface area contributed by atoms with Crippen LogP contribution in [0, 0.1) is 0 Å². The van der Waals surface area contributed by atoms with Gasteiger partial charge in [-0.1, -0.05) is 77.8 Å². The van der Waals surface area contributed by atoms with Crippen LogP contribution in [0.3, 0.4) is 0 Å². The summed E-state index contributed by atoms with van der Waals surface area (Å²) in [5, 5.41) is 3.88. The standard InChI is InChI=1S/C26H26Cl2N2O3/c1-2-29-26(32)23(16-19-8-4-3-5-9-19)30(17-20-12-14-21(27)15-13-20)25(31)18-33-24-11-7-6-10-22(24)28/h3-15,23H,2,16-18H2,1H3,(H,29,32)/t23-/m1/s1. The average molecular weight is 485 g/mol. The average Bonchev–Trinajstić information content (AvgIpc) is 2.82. The van der Waals surface area contributed by atoms with Gasteiger partial charge >= 0.3 is 0 Å². The van der Waals surface area contributed by atoms with E-state index in [4.69, 9.17) is 27.9 Å². The van der Waals surface area contributed by atoms with Gasteiger partial charge in [-0.3, -0.25) is 9.59 Å². The zero-order chi connectivity index (χ0) is 23.6. The number of ether oxygens (including phenoxy) is 1. The summed E-state index contributed by atoms with van der Waals surface area (Å²) in [4.78, 5) is 28.0. The molecule has 0 bridgehead atoms. The maximum atomic E-state index is 13.4. The van der Waals surface area contributed by atoms with Crippen LogP contribution in [0.2, 0.25) is 10.0 Å². The maximum Gasteiger partial charge on any atom is 0.261 e. The van der Waals surface area contributed by atoms with E-state index in [1.165, 1.54) is 0 Å². The largest absolute Gasteiger partial charge is 0.482 e. The number of nitrogens with zero attached hydrogens (tertiary/aromatic N) is 1. The Bertz CT molecular complexity index is 1060. The molecule has 0 saturated heterocycles. The summed E-state index contributed by atoms with van der Waals surface area (Å²) >= 11 is 12.2. The first-order chi connectivity index (χ1) is 16.0. The number of carbonyl (C=O) groups is 2. The van der Waals surface area contributed by atoms with E-state index in [0.29, 0.717) is 28.8 Å². The Morgan fingerprint density at radius 1 is 0.909 bits per heavy atom. The number of nitrogens with one attached hydrogen (secondary N) is 1. The van der Waals surface area contributed by atoms with E-state index in [0.717, 1.165) is 11.1 Å². The quantitative estimate of drug-likeness (QED) is 0.432. The molecule has 0 spiro atoms. The van der Waals surface area contributed by atoms with E-state index in [1.54, 1.807) is 41.3 Å². The van der Waals surface area contributed by atoms with Crippen molar-refractivity contribution in [3.63, 3.8) is 0 Å². The second kappa shape index (κ2) is 12.3. The Kier molecular flexibility index (Phi) is 9.16. The van der Waals surface area contributed by atoms with Crippen LogP contribution in [0.5, 0.6) is 5.75 Å². The van der Waals surface area contributed by atoms with Gasteiger partial charge < -0.3 is 15.0 Å². The number of amides is 2. The highest BCUT2D eigenvalue weighted by atomic mass is 35.5. The first-order valence-corrected chi connectivity index (χ1v) is 11.5. The van der Waals surface area contributed by atoms with Gasteiger partial charge in [-0.2, -0.15) is 0 Å². The SMILES string of the molecule is CCNC(=O)[C@@H](Cc1ccccc1)N(Cc1ccc(Cl)cc1)C(=O)COc1ccccc1Cl. The van der Waals surface area contributed by atoms with Crippen molar-refractivity contribution in [1.29, 1.82) is 0 Å². The Hall–Kier alpha value is -3.02. The molecule has 1 N–H and O–H groups in total. The summed E-state index contributed by atoms with van der Waals surface area (Å²) in [5.41, 5.74) is 1.81. The van der Waals surface area contributed by atoms with Gasteiger partial charge in [-0.05, 0) is 42.3 Å². The lowest BCUT2D eigenvalue weighted by atomic mass is 10.0. The molecule has 0 unspecified atom stereocenters. The zero-order valence-corrected chi connectivity index (χ0v) is 19.9. The highest BCUT2D eigenvalue weighted by Crippen LogP contribution is 2.23. The number of hydrogen-bond donors (Lipinski definition) is 1. The van der Waals surface area contributed by atoms with Gasteiger partial charge in [0.2, 0.25) is 5.91 Å². The third-order valence-electron chi connectivity index (χ3n) is 5.08. The molecule has 0 saturated carbocycles. The van der Waals surface area contributed by atoms with Crippen molar-refractivity contribution in [3.05, 3.63) is 100 Å². The second-order valence-corrected chi connectivity index (χ2v) is 8.31. The number of likely N-dealkylation sites (N-methyl/N-ethyl adjacent to an activating group) is 1. The van der Waals surface area contributed by atoms with Crippen LogP contribution in [0.15, 0.2) is 78.9 Å². The van der Waals surface area contributed by atoms with E-state index in [9.17, 15) is 9.59 Å². The molecule has 0 fully saturated rings. The Labute approximate surface area is 204 Å². The van der Waals surface area contributed by atoms with Gasteiger partial charge in [0.1, 0.15) is 11.8 Å². The fourth-order valence-electron chi connectivity index (χ4n) is 3.42. The van der Waals surface area contributed by atoms with Crippen LogP contribution >= 0.6 is 23.2 Å². The summed E-state index contributed by atoms with van der Waals surface area (Å²) < 4.78 is 5.70. The molecule has 0 aromatic heterocycles. The van der Waals surface area contributed by atoms with E-state index in [1.807, 2.05) is 49.4 Å². The lowest BCUT2D eigenvalue weighted by molar-refractivity contribution is -0.142. The minimum absolute atomic E-state index is 0.221. The first kappa shape index (κ1) is 24.6. The summed E-state index contributed by atoms with van der Waals surface area (Å²) in [7, 11) is 0. The molecule has 3 aromatic carbocycles. The van der Waals surface area contributed by atoms with Crippen LogP contribution < -0.4 is 10.1 Å². The smallest absolute Gasteiger partial charge is 0.261 e. The highest BCUT2D eigenvalue weighted by molar-refractivity contribution is 6.32. The molecule has 3 aromatic rings. The number of carbonyl (C=O) groups excluding carboxylic acids is 2. The molecule has 1 atom stereocenters.